The van der Waals surface area contributed by atoms with Crippen LogP contribution < -0.4 is 10.2 Å². The number of rotatable bonds is 6. The lowest BCUT2D eigenvalue weighted by Crippen LogP contribution is -2.31. The molecule has 0 bridgehead atoms. The maximum atomic E-state index is 12.7. The number of nitrogens with zero attached hydrogens (tertiary/aromatic N) is 3. The van der Waals surface area contributed by atoms with Crippen molar-refractivity contribution in [1.29, 1.82) is 0 Å². The molecule has 0 radical (unpaired) electrons. The number of halogens is 1. The SMILES string of the molecule is O=C(O)C[C@@H](NC(=O)c1nc(N2CCCC2)ncc1Cl)c1ccccc1. The molecule has 136 valence electrons. The Morgan fingerprint density at radius 3 is 2.58 bits per heavy atom. The average Bonchev–Trinajstić information content (AvgIpc) is 3.16. The average molecular weight is 375 g/mol. The van der Waals surface area contributed by atoms with E-state index in [2.05, 4.69) is 15.3 Å². The second-order valence-corrected chi connectivity index (χ2v) is 6.50. The Morgan fingerprint density at radius 2 is 1.92 bits per heavy atom. The van der Waals surface area contributed by atoms with Crippen molar-refractivity contribution < 1.29 is 14.7 Å². The van der Waals surface area contributed by atoms with Crippen LogP contribution in [0.4, 0.5) is 5.95 Å². The first kappa shape index (κ1) is 18.1. The molecule has 1 fully saturated rings. The molecule has 2 aromatic rings. The summed E-state index contributed by atoms with van der Waals surface area (Å²) in [5.74, 6) is -1.06. The summed E-state index contributed by atoms with van der Waals surface area (Å²) < 4.78 is 0. The Kier molecular flexibility index (Phi) is 5.68. The zero-order chi connectivity index (χ0) is 18.5. The van der Waals surface area contributed by atoms with Crippen LogP contribution >= 0.6 is 11.6 Å². The molecule has 1 atom stereocenters. The Labute approximate surface area is 156 Å². The minimum atomic E-state index is -1.01. The van der Waals surface area contributed by atoms with Crippen molar-refractivity contribution in [2.75, 3.05) is 18.0 Å². The number of hydrogen-bond donors (Lipinski definition) is 2. The molecule has 0 aliphatic carbocycles. The highest BCUT2D eigenvalue weighted by Crippen LogP contribution is 2.22. The molecular weight excluding hydrogens is 356 g/mol. The van der Waals surface area contributed by atoms with Gasteiger partial charge in [0.25, 0.3) is 5.91 Å². The van der Waals surface area contributed by atoms with E-state index in [1.54, 1.807) is 24.3 Å². The third-order valence-corrected chi connectivity index (χ3v) is 4.50. The molecule has 0 unspecified atom stereocenters. The van der Waals surface area contributed by atoms with Crippen molar-refractivity contribution in [3.63, 3.8) is 0 Å². The highest BCUT2D eigenvalue weighted by molar-refractivity contribution is 6.33. The van der Waals surface area contributed by atoms with E-state index in [-0.39, 0.29) is 17.1 Å². The van der Waals surface area contributed by atoms with Gasteiger partial charge in [0.1, 0.15) is 0 Å². The van der Waals surface area contributed by atoms with Gasteiger partial charge in [0.15, 0.2) is 5.69 Å². The standard InChI is InChI=1S/C18H19ClN4O3/c19-13-11-20-18(23-8-4-5-9-23)22-16(13)17(26)21-14(10-15(24)25)12-6-2-1-3-7-12/h1-3,6-7,11,14H,4-5,8-10H2,(H,21,26)(H,24,25)/t14-/m1/s1. The van der Waals surface area contributed by atoms with Crippen LogP contribution in [0.15, 0.2) is 36.5 Å². The molecule has 3 rings (SSSR count). The van der Waals surface area contributed by atoms with E-state index in [9.17, 15) is 9.59 Å². The van der Waals surface area contributed by atoms with Gasteiger partial charge in [0, 0.05) is 13.1 Å². The highest BCUT2D eigenvalue weighted by Gasteiger charge is 2.23. The van der Waals surface area contributed by atoms with Gasteiger partial charge in [-0.3, -0.25) is 9.59 Å². The lowest BCUT2D eigenvalue weighted by atomic mass is 10.0. The Balaban J connectivity index is 1.82. The number of carbonyl (C=O) groups is 2. The van der Waals surface area contributed by atoms with Crippen LogP contribution in [0.2, 0.25) is 5.02 Å². The van der Waals surface area contributed by atoms with Gasteiger partial charge in [0.2, 0.25) is 5.95 Å². The van der Waals surface area contributed by atoms with Crippen LogP contribution in [-0.2, 0) is 4.79 Å². The molecule has 8 heteroatoms. The summed E-state index contributed by atoms with van der Waals surface area (Å²) in [6.45, 7) is 1.68. The molecule has 2 N–H and O–H groups in total. The van der Waals surface area contributed by atoms with Gasteiger partial charge >= 0.3 is 5.97 Å². The number of aliphatic carboxylic acids is 1. The molecule has 1 aliphatic rings. The van der Waals surface area contributed by atoms with E-state index < -0.39 is 17.9 Å². The lowest BCUT2D eigenvalue weighted by Gasteiger charge is -2.19. The molecule has 0 saturated carbocycles. The van der Waals surface area contributed by atoms with E-state index in [4.69, 9.17) is 16.7 Å². The van der Waals surface area contributed by atoms with Crippen LogP contribution in [0.5, 0.6) is 0 Å². The number of anilines is 1. The van der Waals surface area contributed by atoms with Crippen LogP contribution in [0, 0.1) is 0 Å². The minimum absolute atomic E-state index is 0.0508. The number of hydrogen-bond acceptors (Lipinski definition) is 5. The van der Waals surface area contributed by atoms with Gasteiger partial charge in [-0.2, -0.15) is 0 Å². The van der Waals surface area contributed by atoms with E-state index in [1.807, 2.05) is 11.0 Å². The summed E-state index contributed by atoms with van der Waals surface area (Å²) >= 11 is 6.11. The monoisotopic (exact) mass is 374 g/mol. The van der Waals surface area contributed by atoms with Crippen molar-refractivity contribution in [2.45, 2.75) is 25.3 Å². The molecule has 7 nitrogen and oxygen atoms in total. The first-order chi connectivity index (χ1) is 12.5. The number of carboxylic acid groups (broad SMARTS) is 1. The summed E-state index contributed by atoms with van der Waals surface area (Å²) in [4.78, 5) is 34.4. The third-order valence-electron chi connectivity index (χ3n) is 4.22. The number of aromatic nitrogens is 2. The fourth-order valence-corrected chi connectivity index (χ4v) is 3.10. The topological polar surface area (TPSA) is 95.4 Å². The summed E-state index contributed by atoms with van der Waals surface area (Å²) in [5, 5.41) is 12.0. The first-order valence-corrected chi connectivity index (χ1v) is 8.77. The lowest BCUT2D eigenvalue weighted by molar-refractivity contribution is -0.137. The predicted molar refractivity (Wildman–Crippen MR) is 97.4 cm³/mol. The van der Waals surface area contributed by atoms with Crippen LogP contribution in [0.3, 0.4) is 0 Å². The number of carbonyl (C=O) groups excluding carboxylic acids is 1. The highest BCUT2D eigenvalue weighted by atomic mass is 35.5. The zero-order valence-electron chi connectivity index (χ0n) is 14.1. The van der Waals surface area contributed by atoms with Gasteiger partial charge in [-0.05, 0) is 18.4 Å². The Bertz CT molecular complexity index is 794. The van der Waals surface area contributed by atoms with Crippen LogP contribution in [0.1, 0.15) is 41.4 Å². The van der Waals surface area contributed by atoms with Crippen molar-refractivity contribution in [2.24, 2.45) is 0 Å². The zero-order valence-corrected chi connectivity index (χ0v) is 14.8. The number of amides is 1. The van der Waals surface area contributed by atoms with Gasteiger partial charge in [-0.15, -0.1) is 0 Å². The van der Waals surface area contributed by atoms with E-state index >= 15 is 0 Å². The van der Waals surface area contributed by atoms with Crippen molar-refractivity contribution >= 4 is 29.4 Å². The summed E-state index contributed by atoms with van der Waals surface area (Å²) in [5.41, 5.74) is 0.753. The van der Waals surface area contributed by atoms with Crippen molar-refractivity contribution in [3.8, 4) is 0 Å². The third kappa shape index (κ3) is 4.29. The summed E-state index contributed by atoms with van der Waals surface area (Å²) in [6, 6.07) is 8.27. The minimum Gasteiger partial charge on any atom is -0.481 e. The molecular formula is C18H19ClN4O3. The molecule has 1 saturated heterocycles. The molecule has 1 aromatic carbocycles. The normalized spacial score (nSPS) is 14.9. The Morgan fingerprint density at radius 1 is 1.23 bits per heavy atom. The first-order valence-electron chi connectivity index (χ1n) is 8.39. The van der Waals surface area contributed by atoms with Gasteiger partial charge in [-0.1, -0.05) is 41.9 Å². The molecule has 1 aliphatic heterocycles. The molecule has 2 heterocycles. The number of benzene rings is 1. The molecule has 26 heavy (non-hydrogen) atoms. The number of carboxylic acids is 1. The quantitative estimate of drug-likeness (QED) is 0.807. The second-order valence-electron chi connectivity index (χ2n) is 6.10. The molecule has 1 aromatic heterocycles. The van der Waals surface area contributed by atoms with E-state index in [1.165, 1.54) is 6.20 Å². The van der Waals surface area contributed by atoms with Crippen molar-refractivity contribution in [3.05, 3.63) is 52.8 Å². The van der Waals surface area contributed by atoms with E-state index in [0.29, 0.717) is 11.5 Å². The maximum Gasteiger partial charge on any atom is 0.305 e. The second kappa shape index (κ2) is 8.14. The summed E-state index contributed by atoms with van der Waals surface area (Å²) in [6.07, 6.45) is 3.29. The smallest absolute Gasteiger partial charge is 0.305 e. The molecule has 1 amide bonds. The van der Waals surface area contributed by atoms with Gasteiger partial charge in [-0.25, -0.2) is 9.97 Å². The van der Waals surface area contributed by atoms with Gasteiger partial charge in [0.05, 0.1) is 23.7 Å². The number of nitrogens with one attached hydrogen (secondary N) is 1. The van der Waals surface area contributed by atoms with Gasteiger partial charge < -0.3 is 15.3 Å². The van der Waals surface area contributed by atoms with Crippen LogP contribution in [-0.4, -0.2) is 40.0 Å². The fraction of sp³-hybridized carbons (Fsp3) is 0.333. The largest absolute Gasteiger partial charge is 0.481 e. The van der Waals surface area contributed by atoms with E-state index in [0.717, 1.165) is 25.9 Å². The fourth-order valence-electron chi connectivity index (χ4n) is 2.93. The van der Waals surface area contributed by atoms with Crippen molar-refractivity contribution in [1.82, 2.24) is 15.3 Å². The summed E-state index contributed by atoms with van der Waals surface area (Å²) in [7, 11) is 0. The predicted octanol–water partition coefficient (Wildman–Crippen LogP) is 2.68. The maximum absolute atomic E-state index is 12.7. The van der Waals surface area contributed by atoms with Crippen LogP contribution in [0.25, 0.3) is 0 Å². The Hall–Kier alpha value is -2.67. The molecule has 0 spiro atoms.